The van der Waals surface area contributed by atoms with Crippen molar-refractivity contribution in [3.05, 3.63) is 36.0 Å². The molecule has 4 nitrogen and oxygen atoms in total. The maximum Gasteiger partial charge on any atom is 0.170 e. The summed E-state index contributed by atoms with van der Waals surface area (Å²) in [7, 11) is 0. The second-order valence-corrected chi connectivity index (χ2v) is 3.70. The van der Waals surface area contributed by atoms with Gasteiger partial charge in [-0.25, -0.2) is 0 Å². The number of nitrogens with zero attached hydrogens (tertiary/aromatic N) is 1. The molecule has 80 valence electrons. The topological polar surface area (TPSA) is 51.2 Å². The van der Waals surface area contributed by atoms with Gasteiger partial charge in [0.1, 0.15) is 11.5 Å². The fourth-order valence-electron chi connectivity index (χ4n) is 1.24. The van der Waals surface area contributed by atoms with Gasteiger partial charge in [-0.05, 0) is 12.1 Å². The minimum absolute atomic E-state index is 0.358. The quantitative estimate of drug-likeness (QED) is 0.835. The van der Waals surface area contributed by atoms with Crippen LogP contribution in [-0.4, -0.2) is 5.16 Å². The van der Waals surface area contributed by atoms with Crippen molar-refractivity contribution in [2.45, 2.75) is 26.3 Å². The highest BCUT2D eigenvalue weighted by Gasteiger charge is 2.07. The number of aromatic nitrogens is 1. The number of rotatable bonds is 4. The van der Waals surface area contributed by atoms with E-state index in [0.717, 1.165) is 17.3 Å². The van der Waals surface area contributed by atoms with E-state index in [1.165, 1.54) is 0 Å². The summed E-state index contributed by atoms with van der Waals surface area (Å²) in [5, 5.41) is 7.03. The molecule has 15 heavy (non-hydrogen) atoms. The Bertz CT molecular complexity index is 404. The van der Waals surface area contributed by atoms with E-state index in [2.05, 4.69) is 24.3 Å². The van der Waals surface area contributed by atoms with Gasteiger partial charge in [0, 0.05) is 12.0 Å². The van der Waals surface area contributed by atoms with E-state index < -0.39 is 0 Å². The molecule has 0 saturated heterocycles. The summed E-state index contributed by atoms with van der Waals surface area (Å²) in [5.41, 5.74) is 0. The SMILES string of the molecule is CC(C)c1cc(NCc2ccco2)no1. The van der Waals surface area contributed by atoms with Crippen LogP contribution in [0.25, 0.3) is 0 Å². The summed E-state index contributed by atoms with van der Waals surface area (Å²) in [6.07, 6.45) is 1.65. The number of hydrogen-bond donors (Lipinski definition) is 1. The van der Waals surface area contributed by atoms with Crippen molar-refractivity contribution in [2.75, 3.05) is 5.32 Å². The summed E-state index contributed by atoms with van der Waals surface area (Å²) < 4.78 is 10.3. The molecule has 0 atom stereocenters. The van der Waals surface area contributed by atoms with Crippen LogP contribution in [0.5, 0.6) is 0 Å². The lowest BCUT2D eigenvalue weighted by atomic mass is 10.2. The van der Waals surface area contributed by atoms with Crippen LogP contribution < -0.4 is 5.32 Å². The van der Waals surface area contributed by atoms with Crippen LogP contribution in [0.4, 0.5) is 5.82 Å². The van der Waals surface area contributed by atoms with Crippen LogP contribution >= 0.6 is 0 Å². The lowest BCUT2D eigenvalue weighted by Crippen LogP contribution is -1.97. The summed E-state index contributed by atoms with van der Waals surface area (Å²) in [6.45, 7) is 4.75. The van der Waals surface area contributed by atoms with Crippen LogP contribution in [0.3, 0.4) is 0 Å². The highest BCUT2D eigenvalue weighted by Crippen LogP contribution is 2.18. The average Bonchev–Trinajstić information content (AvgIpc) is 2.86. The molecule has 0 saturated carbocycles. The third-order valence-electron chi connectivity index (χ3n) is 2.12. The standard InChI is InChI=1S/C11H14N2O2/c1-8(2)10-6-11(13-15-10)12-7-9-4-3-5-14-9/h3-6,8H,7H2,1-2H3,(H,12,13). The second-order valence-electron chi connectivity index (χ2n) is 3.70. The second kappa shape index (κ2) is 4.21. The Morgan fingerprint density at radius 2 is 2.33 bits per heavy atom. The Morgan fingerprint density at radius 1 is 1.47 bits per heavy atom. The molecule has 0 aliphatic carbocycles. The van der Waals surface area contributed by atoms with Gasteiger partial charge in [-0.15, -0.1) is 0 Å². The molecule has 4 heteroatoms. The predicted molar refractivity (Wildman–Crippen MR) is 56.6 cm³/mol. The summed E-state index contributed by atoms with van der Waals surface area (Å²) >= 11 is 0. The van der Waals surface area contributed by atoms with Crippen LogP contribution in [0.15, 0.2) is 33.4 Å². The zero-order valence-corrected chi connectivity index (χ0v) is 8.86. The predicted octanol–water partition coefficient (Wildman–Crippen LogP) is 3.00. The maximum atomic E-state index is 5.19. The van der Waals surface area contributed by atoms with Crippen LogP contribution in [0, 0.1) is 0 Å². The average molecular weight is 206 g/mol. The maximum absolute atomic E-state index is 5.19. The van der Waals surface area contributed by atoms with Crippen molar-refractivity contribution in [3.63, 3.8) is 0 Å². The molecule has 0 bridgehead atoms. The van der Waals surface area contributed by atoms with Gasteiger partial charge in [0.05, 0.1) is 12.8 Å². The summed E-state index contributed by atoms with van der Waals surface area (Å²) in [5.74, 6) is 2.87. The van der Waals surface area contributed by atoms with E-state index in [0.29, 0.717) is 12.5 Å². The van der Waals surface area contributed by atoms with E-state index in [1.54, 1.807) is 6.26 Å². The Hall–Kier alpha value is -1.71. The van der Waals surface area contributed by atoms with Gasteiger partial charge in [0.15, 0.2) is 5.82 Å². The molecule has 0 fully saturated rings. The highest BCUT2D eigenvalue weighted by atomic mass is 16.5. The van der Waals surface area contributed by atoms with E-state index >= 15 is 0 Å². The summed E-state index contributed by atoms with van der Waals surface area (Å²) in [4.78, 5) is 0. The van der Waals surface area contributed by atoms with Crippen LogP contribution in [-0.2, 0) is 6.54 Å². The number of furan rings is 1. The minimum Gasteiger partial charge on any atom is -0.467 e. The first-order chi connectivity index (χ1) is 7.25. The molecule has 0 unspecified atom stereocenters. The first kappa shape index (κ1) is 9.83. The fraction of sp³-hybridized carbons (Fsp3) is 0.364. The van der Waals surface area contributed by atoms with Gasteiger partial charge in [-0.3, -0.25) is 0 Å². The number of hydrogen-bond acceptors (Lipinski definition) is 4. The van der Waals surface area contributed by atoms with Crippen molar-refractivity contribution in [3.8, 4) is 0 Å². The lowest BCUT2D eigenvalue weighted by Gasteiger charge is -1.97. The molecule has 0 aliphatic rings. The van der Waals surface area contributed by atoms with E-state index in [4.69, 9.17) is 8.94 Å². The van der Waals surface area contributed by atoms with Gasteiger partial charge in [0.25, 0.3) is 0 Å². The zero-order chi connectivity index (χ0) is 10.7. The van der Waals surface area contributed by atoms with E-state index in [-0.39, 0.29) is 0 Å². The molecular formula is C11H14N2O2. The van der Waals surface area contributed by atoms with Crippen LogP contribution in [0.2, 0.25) is 0 Å². The molecular weight excluding hydrogens is 192 g/mol. The first-order valence-electron chi connectivity index (χ1n) is 4.98. The molecule has 2 aromatic rings. The molecule has 0 spiro atoms. The smallest absolute Gasteiger partial charge is 0.170 e. The van der Waals surface area contributed by atoms with Gasteiger partial charge in [-0.1, -0.05) is 19.0 Å². The van der Waals surface area contributed by atoms with Crippen molar-refractivity contribution in [1.82, 2.24) is 5.16 Å². The molecule has 1 N–H and O–H groups in total. The van der Waals surface area contributed by atoms with Gasteiger partial charge in [0.2, 0.25) is 0 Å². The third-order valence-corrected chi connectivity index (χ3v) is 2.12. The molecule has 2 rings (SSSR count). The van der Waals surface area contributed by atoms with Crippen molar-refractivity contribution in [1.29, 1.82) is 0 Å². The Morgan fingerprint density at radius 3 is 2.93 bits per heavy atom. The zero-order valence-electron chi connectivity index (χ0n) is 8.86. The Kier molecular flexibility index (Phi) is 2.76. The highest BCUT2D eigenvalue weighted by molar-refractivity contribution is 5.34. The summed E-state index contributed by atoms with van der Waals surface area (Å²) in [6, 6.07) is 5.68. The lowest BCUT2D eigenvalue weighted by molar-refractivity contribution is 0.373. The normalized spacial score (nSPS) is 10.9. The largest absolute Gasteiger partial charge is 0.467 e. The first-order valence-corrected chi connectivity index (χ1v) is 4.98. The van der Waals surface area contributed by atoms with E-state index in [9.17, 15) is 0 Å². The molecule has 0 amide bonds. The van der Waals surface area contributed by atoms with Gasteiger partial charge >= 0.3 is 0 Å². The van der Waals surface area contributed by atoms with Crippen molar-refractivity contribution >= 4 is 5.82 Å². The van der Waals surface area contributed by atoms with Gasteiger partial charge in [-0.2, -0.15) is 0 Å². The molecule has 2 aromatic heterocycles. The Balaban J connectivity index is 1.94. The van der Waals surface area contributed by atoms with Crippen LogP contribution in [0.1, 0.15) is 31.3 Å². The van der Waals surface area contributed by atoms with Crippen molar-refractivity contribution < 1.29 is 8.94 Å². The number of nitrogens with one attached hydrogen (secondary N) is 1. The number of anilines is 1. The van der Waals surface area contributed by atoms with E-state index in [1.807, 2.05) is 18.2 Å². The fourth-order valence-corrected chi connectivity index (χ4v) is 1.24. The molecule has 0 aromatic carbocycles. The minimum atomic E-state index is 0.358. The van der Waals surface area contributed by atoms with Gasteiger partial charge < -0.3 is 14.3 Å². The molecule has 0 radical (unpaired) electrons. The monoisotopic (exact) mass is 206 g/mol. The Labute approximate surface area is 88.3 Å². The molecule has 0 aliphatic heterocycles. The van der Waals surface area contributed by atoms with Crippen molar-refractivity contribution in [2.24, 2.45) is 0 Å². The molecule has 2 heterocycles. The third kappa shape index (κ3) is 2.40.